The van der Waals surface area contributed by atoms with Crippen molar-refractivity contribution in [3.8, 4) is 0 Å². The molecule has 0 radical (unpaired) electrons. The van der Waals surface area contributed by atoms with Crippen LogP contribution in [0.3, 0.4) is 0 Å². The summed E-state index contributed by atoms with van der Waals surface area (Å²) in [4.78, 5) is 34.6. The number of H-pyrrole nitrogens is 1. The van der Waals surface area contributed by atoms with Gasteiger partial charge in [-0.15, -0.1) is 0 Å². The number of aromatic nitrogens is 2. The van der Waals surface area contributed by atoms with E-state index in [1.165, 1.54) is 12.1 Å². The summed E-state index contributed by atoms with van der Waals surface area (Å²) in [5, 5.41) is 8.44. The average Bonchev–Trinajstić information content (AvgIpc) is 2.54. The van der Waals surface area contributed by atoms with Crippen LogP contribution in [0.15, 0.2) is 41.2 Å². The van der Waals surface area contributed by atoms with E-state index in [0.717, 1.165) is 0 Å². The van der Waals surface area contributed by atoms with Gasteiger partial charge in [0.05, 0.1) is 12.2 Å². The fraction of sp³-hybridized carbons (Fsp3) is 0.250. The van der Waals surface area contributed by atoms with E-state index < -0.39 is 11.9 Å². The number of carbonyl (C=O) groups excluding carboxylic acids is 2. The fourth-order valence-electron chi connectivity index (χ4n) is 1.68. The summed E-state index contributed by atoms with van der Waals surface area (Å²) in [6.45, 7) is 4.27. The highest BCUT2D eigenvalue weighted by molar-refractivity contribution is 6.03. The molecule has 0 fully saturated rings. The number of benzene rings is 1. The summed E-state index contributed by atoms with van der Waals surface area (Å²) in [5.41, 5.74) is 0.616. The Morgan fingerprint density at radius 2 is 1.87 bits per heavy atom. The maximum absolute atomic E-state index is 11.9. The van der Waals surface area contributed by atoms with Crippen molar-refractivity contribution in [2.24, 2.45) is 5.92 Å². The minimum absolute atomic E-state index is 0.0880. The van der Waals surface area contributed by atoms with Crippen molar-refractivity contribution >= 4 is 17.6 Å². The van der Waals surface area contributed by atoms with Crippen molar-refractivity contribution in [3.05, 3.63) is 58.0 Å². The number of esters is 1. The molecule has 0 atom stereocenters. The smallest absolute Gasteiger partial charge is 0.338 e. The second-order valence-corrected chi connectivity index (χ2v) is 5.33. The van der Waals surface area contributed by atoms with E-state index in [9.17, 15) is 14.4 Å². The third-order valence-corrected chi connectivity index (χ3v) is 2.84. The lowest BCUT2D eigenvalue weighted by molar-refractivity contribution is 0.0459. The molecule has 0 saturated carbocycles. The van der Waals surface area contributed by atoms with Crippen LogP contribution in [0.2, 0.25) is 0 Å². The Hall–Kier alpha value is -2.96. The molecule has 2 N–H and O–H groups in total. The Balaban J connectivity index is 1.99. The zero-order valence-corrected chi connectivity index (χ0v) is 12.8. The molecule has 2 rings (SSSR count). The number of nitrogens with one attached hydrogen (secondary N) is 2. The Kier molecular flexibility index (Phi) is 5.24. The summed E-state index contributed by atoms with van der Waals surface area (Å²) in [6, 6.07) is 8.86. The maximum atomic E-state index is 11.9. The molecule has 0 saturated heterocycles. The monoisotopic (exact) mass is 315 g/mol. The van der Waals surface area contributed by atoms with Gasteiger partial charge in [0, 0.05) is 11.8 Å². The van der Waals surface area contributed by atoms with Gasteiger partial charge < -0.3 is 10.1 Å². The van der Waals surface area contributed by atoms with E-state index in [-0.39, 0.29) is 17.2 Å². The SMILES string of the molecule is CC(C)COC(=O)c1ccc(NC(=O)c2ccc(=O)[nH]n2)cc1. The van der Waals surface area contributed by atoms with Gasteiger partial charge >= 0.3 is 5.97 Å². The van der Waals surface area contributed by atoms with Crippen LogP contribution in [0, 0.1) is 5.92 Å². The van der Waals surface area contributed by atoms with Crippen LogP contribution in [0.25, 0.3) is 0 Å². The molecule has 23 heavy (non-hydrogen) atoms. The third kappa shape index (κ3) is 4.77. The summed E-state index contributed by atoms with van der Waals surface area (Å²) in [7, 11) is 0. The molecular weight excluding hydrogens is 298 g/mol. The predicted octanol–water partition coefficient (Wildman–Crippen LogP) is 1.83. The Morgan fingerprint density at radius 3 is 2.43 bits per heavy atom. The molecule has 0 aliphatic rings. The van der Waals surface area contributed by atoms with E-state index >= 15 is 0 Å². The number of hydrogen-bond acceptors (Lipinski definition) is 5. The van der Waals surface area contributed by atoms with Gasteiger partial charge in [-0.25, -0.2) is 9.89 Å². The molecule has 0 aliphatic carbocycles. The van der Waals surface area contributed by atoms with Gasteiger partial charge in [0.25, 0.3) is 11.5 Å². The molecule has 0 spiro atoms. The molecule has 1 aromatic carbocycles. The number of ether oxygens (including phenoxy) is 1. The lowest BCUT2D eigenvalue weighted by Gasteiger charge is -2.08. The molecule has 0 aliphatic heterocycles. The van der Waals surface area contributed by atoms with Crippen molar-refractivity contribution in [1.29, 1.82) is 0 Å². The van der Waals surface area contributed by atoms with Crippen molar-refractivity contribution in [1.82, 2.24) is 10.2 Å². The number of nitrogens with zero attached hydrogens (tertiary/aromatic N) is 1. The van der Waals surface area contributed by atoms with Gasteiger partial charge in [-0.1, -0.05) is 13.8 Å². The van der Waals surface area contributed by atoms with E-state index in [1.807, 2.05) is 13.8 Å². The number of hydrogen-bond donors (Lipinski definition) is 2. The second-order valence-electron chi connectivity index (χ2n) is 5.33. The first-order valence-corrected chi connectivity index (χ1v) is 7.10. The first-order valence-electron chi connectivity index (χ1n) is 7.10. The largest absolute Gasteiger partial charge is 0.462 e. The normalized spacial score (nSPS) is 10.4. The maximum Gasteiger partial charge on any atom is 0.338 e. The minimum atomic E-state index is -0.462. The molecule has 0 bridgehead atoms. The van der Waals surface area contributed by atoms with Gasteiger partial charge in [0.15, 0.2) is 0 Å². The predicted molar refractivity (Wildman–Crippen MR) is 84.4 cm³/mol. The number of amides is 1. The molecule has 2 aromatic rings. The Bertz CT molecular complexity index is 730. The molecule has 1 heterocycles. The standard InChI is InChI=1S/C16H17N3O4/c1-10(2)9-23-16(22)11-3-5-12(6-4-11)17-15(21)13-7-8-14(20)19-18-13/h3-8,10H,9H2,1-2H3,(H,17,21)(H,19,20). The van der Waals surface area contributed by atoms with Crippen LogP contribution in [-0.4, -0.2) is 28.7 Å². The molecule has 7 heteroatoms. The zero-order chi connectivity index (χ0) is 16.8. The van der Waals surface area contributed by atoms with Crippen LogP contribution < -0.4 is 10.9 Å². The molecule has 0 unspecified atom stereocenters. The van der Waals surface area contributed by atoms with Crippen LogP contribution >= 0.6 is 0 Å². The third-order valence-electron chi connectivity index (χ3n) is 2.84. The van der Waals surface area contributed by atoms with Crippen LogP contribution in [0.4, 0.5) is 5.69 Å². The highest BCUT2D eigenvalue weighted by Crippen LogP contribution is 2.12. The minimum Gasteiger partial charge on any atom is -0.462 e. The number of carbonyl (C=O) groups is 2. The fourth-order valence-corrected chi connectivity index (χ4v) is 1.68. The molecule has 120 valence electrons. The molecule has 7 nitrogen and oxygen atoms in total. The Labute approximate surface area is 132 Å². The lowest BCUT2D eigenvalue weighted by atomic mass is 10.2. The topological polar surface area (TPSA) is 101 Å². The van der Waals surface area contributed by atoms with E-state index in [2.05, 4.69) is 15.5 Å². The summed E-state index contributed by atoms with van der Waals surface area (Å²) >= 11 is 0. The van der Waals surface area contributed by atoms with Crippen molar-refractivity contribution < 1.29 is 14.3 Å². The highest BCUT2D eigenvalue weighted by Gasteiger charge is 2.10. The summed E-state index contributed by atoms with van der Waals surface area (Å²) < 4.78 is 5.12. The van der Waals surface area contributed by atoms with Gasteiger partial charge in [-0.3, -0.25) is 9.59 Å². The van der Waals surface area contributed by atoms with Gasteiger partial charge in [-0.2, -0.15) is 5.10 Å². The van der Waals surface area contributed by atoms with Gasteiger partial charge in [0.1, 0.15) is 5.69 Å². The summed E-state index contributed by atoms with van der Waals surface area (Å²) in [6.07, 6.45) is 0. The second kappa shape index (κ2) is 7.35. The zero-order valence-electron chi connectivity index (χ0n) is 12.8. The summed E-state index contributed by atoms with van der Waals surface area (Å²) in [5.74, 6) is -0.599. The van der Waals surface area contributed by atoms with Crippen molar-refractivity contribution in [2.45, 2.75) is 13.8 Å². The number of anilines is 1. The van der Waals surface area contributed by atoms with Gasteiger partial charge in [0.2, 0.25) is 0 Å². The lowest BCUT2D eigenvalue weighted by Crippen LogP contribution is -2.17. The van der Waals surface area contributed by atoms with Crippen LogP contribution in [-0.2, 0) is 4.74 Å². The average molecular weight is 315 g/mol. The van der Waals surface area contributed by atoms with E-state index in [4.69, 9.17) is 4.74 Å². The van der Waals surface area contributed by atoms with Crippen LogP contribution in [0.1, 0.15) is 34.7 Å². The number of rotatable bonds is 5. The van der Waals surface area contributed by atoms with E-state index in [1.54, 1.807) is 24.3 Å². The van der Waals surface area contributed by atoms with Gasteiger partial charge in [-0.05, 0) is 36.2 Å². The van der Waals surface area contributed by atoms with E-state index in [0.29, 0.717) is 17.9 Å². The molecular formula is C16H17N3O4. The Morgan fingerprint density at radius 1 is 1.17 bits per heavy atom. The quantitative estimate of drug-likeness (QED) is 0.820. The molecule has 1 amide bonds. The first-order chi connectivity index (χ1) is 11.0. The first kappa shape index (κ1) is 16.4. The van der Waals surface area contributed by atoms with Crippen molar-refractivity contribution in [3.63, 3.8) is 0 Å². The van der Waals surface area contributed by atoms with Crippen molar-refractivity contribution in [2.75, 3.05) is 11.9 Å². The number of aromatic amines is 1. The van der Waals surface area contributed by atoms with Crippen LogP contribution in [0.5, 0.6) is 0 Å². The molecule has 1 aromatic heterocycles. The highest BCUT2D eigenvalue weighted by atomic mass is 16.5.